The quantitative estimate of drug-likeness (QED) is 0.820. The number of nitrogens with one attached hydrogen (secondary N) is 2. The summed E-state index contributed by atoms with van der Waals surface area (Å²) in [5.41, 5.74) is 1.92. The normalized spacial score (nSPS) is 13.8. The molecule has 2 N–H and O–H groups in total. The molecule has 1 aliphatic carbocycles. The summed E-state index contributed by atoms with van der Waals surface area (Å²) < 4.78 is 39.4. The van der Waals surface area contributed by atoms with E-state index >= 15 is 0 Å². The Labute approximate surface area is 125 Å². The third-order valence-electron chi connectivity index (χ3n) is 3.67. The second-order valence-electron chi connectivity index (χ2n) is 5.20. The van der Waals surface area contributed by atoms with Gasteiger partial charge in [0.2, 0.25) is 0 Å². The first-order valence-electron chi connectivity index (χ1n) is 6.82. The topological polar surface area (TPSA) is 41.1 Å². The highest BCUT2D eigenvalue weighted by molar-refractivity contribution is 5.89. The van der Waals surface area contributed by atoms with Crippen LogP contribution in [0.25, 0.3) is 0 Å². The number of benzene rings is 2. The molecule has 0 fully saturated rings. The molecule has 0 aromatic heterocycles. The largest absolute Gasteiger partial charge is 0.334 e. The van der Waals surface area contributed by atoms with Crippen LogP contribution in [-0.4, -0.2) is 12.1 Å². The van der Waals surface area contributed by atoms with Gasteiger partial charge in [-0.2, -0.15) is 0 Å². The minimum Gasteiger partial charge on any atom is -0.334 e. The first kappa shape index (κ1) is 14.4. The summed E-state index contributed by atoms with van der Waals surface area (Å²) in [6, 6.07) is 8.83. The van der Waals surface area contributed by atoms with E-state index in [0.29, 0.717) is 12.8 Å². The zero-order chi connectivity index (χ0) is 15.7. The van der Waals surface area contributed by atoms with Crippen molar-refractivity contribution in [2.45, 2.75) is 18.9 Å². The fraction of sp³-hybridized carbons (Fsp3) is 0.188. The first-order chi connectivity index (χ1) is 10.5. The van der Waals surface area contributed by atoms with E-state index in [1.165, 1.54) is 0 Å². The SMILES string of the molecule is O=C(Nc1ccc(F)c(F)c1F)NC1Cc2ccccc2C1. The average molecular weight is 306 g/mol. The summed E-state index contributed by atoms with van der Waals surface area (Å²) in [4.78, 5) is 11.9. The highest BCUT2D eigenvalue weighted by Gasteiger charge is 2.23. The van der Waals surface area contributed by atoms with E-state index in [-0.39, 0.29) is 6.04 Å². The molecule has 0 bridgehead atoms. The van der Waals surface area contributed by atoms with Gasteiger partial charge in [0, 0.05) is 6.04 Å². The molecule has 3 nitrogen and oxygen atoms in total. The van der Waals surface area contributed by atoms with E-state index in [9.17, 15) is 18.0 Å². The molecule has 22 heavy (non-hydrogen) atoms. The number of anilines is 1. The van der Waals surface area contributed by atoms with Crippen molar-refractivity contribution in [2.75, 3.05) is 5.32 Å². The van der Waals surface area contributed by atoms with Crippen LogP contribution in [0, 0.1) is 17.5 Å². The van der Waals surface area contributed by atoms with Crippen molar-refractivity contribution in [1.29, 1.82) is 0 Å². The average Bonchev–Trinajstić information content (AvgIpc) is 2.90. The van der Waals surface area contributed by atoms with Gasteiger partial charge in [0.15, 0.2) is 17.5 Å². The smallest absolute Gasteiger partial charge is 0.319 e. The maximum Gasteiger partial charge on any atom is 0.319 e. The number of fused-ring (bicyclic) bond motifs is 1. The highest BCUT2D eigenvalue weighted by Crippen LogP contribution is 2.22. The van der Waals surface area contributed by atoms with Gasteiger partial charge in [0.1, 0.15) is 0 Å². The Bertz CT molecular complexity index is 708. The summed E-state index contributed by atoms with van der Waals surface area (Å²) in [7, 11) is 0. The van der Waals surface area contributed by atoms with E-state index in [4.69, 9.17) is 0 Å². The van der Waals surface area contributed by atoms with E-state index in [1.54, 1.807) is 0 Å². The molecule has 0 heterocycles. The molecule has 0 atom stereocenters. The van der Waals surface area contributed by atoms with Crippen LogP contribution in [0.1, 0.15) is 11.1 Å². The van der Waals surface area contributed by atoms with Gasteiger partial charge in [-0.25, -0.2) is 18.0 Å². The molecule has 0 radical (unpaired) electrons. The molecule has 0 saturated carbocycles. The summed E-state index contributed by atoms with van der Waals surface area (Å²) in [6.07, 6.45) is 1.37. The van der Waals surface area contributed by atoms with Crippen molar-refractivity contribution in [3.05, 3.63) is 65.0 Å². The number of carbonyl (C=O) groups excluding carboxylic acids is 1. The summed E-state index contributed by atoms with van der Waals surface area (Å²) in [5, 5.41) is 4.90. The number of carbonyl (C=O) groups is 1. The first-order valence-corrected chi connectivity index (χ1v) is 6.82. The number of urea groups is 1. The zero-order valence-electron chi connectivity index (χ0n) is 11.5. The number of halogens is 3. The Morgan fingerprint density at radius 2 is 1.59 bits per heavy atom. The lowest BCUT2D eigenvalue weighted by Crippen LogP contribution is -2.38. The predicted molar refractivity (Wildman–Crippen MR) is 76.1 cm³/mol. The number of hydrogen-bond donors (Lipinski definition) is 2. The van der Waals surface area contributed by atoms with Crippen LogP contribution in [0.5, 0.6) is 0 Å². The van der Waals surface area contributed by atoms with Gasteiger partial charge < -0.3 is 10.6 Å². The lowest BCUT2D eigenvalue weighted by atomic mass is 10.1. The monoisotopic (exact) mass is 306 g/mol. The fourth-order valence-corrected chi connectivity index (χ4v) is 2.63. The summed E-state index contributed by atoms with van der Waals surface area (Å²) in [5.74, 6) is -4.31. The fourth-order valence-electron chi connectivity index (χ4n) is 2.63. The van der Waals surface area contributed by atoms with Crippen molar-refractivity contribution in [2.24, 2.45) is 0 Å². The van der Waals surface area contributed by atoms with Crippen LogP contribution in [0.3, 0.4) is 0 Å². The Morgan fingerprint density at radius 1 is 0.955 bits per heavy atom. The molecule has 2 aromatic rings. The summed E-state index contributed by atoms with van der Waals surface area (Å²) in [6.45, 7) is 0. The van der Waals surface area contributed by atoms with Crippen molar-refractivity contribution in [1.82, 2.24) is 5.32 Å². The van der Waals surface area contributed by atoms with Crippen LogP contribution in [0.2, 0.25) is 0 Å². The third kappa shape index (κ3) is 2.77. The highest BCUT2D eigenvalue weighted by atomic mass is 19.2. The molecule has 0 saturated heterocycles. The Kier molecular flexibility index (Phi) is 3.75. The van der Waals surface area contributed by atoms with Crippen LogP contribution in [0.4, 0.5) is 23.7 Å². The van der Waals surface area contributed by atoms with Crippen molar-refractivity contribution < 1.29 is 18.0 Å². The van der Waals surface area contributed by atoms with Crippen LogP contribution < -0.4 is 10.6 Å². The minimum atomic E-state index is -1.61. The zero-order valence-corrected chi connectivity index (χ0v) is 11.5. The maximum atomic E-state index is 13.5. The second kappa shape index (κ2) is 5.71. The van der Waals surface area contributed by atoms with Gasteiger partial charge in [0.05, 0.1) is 5.69 Å². The maximum absolute atomic E-state index is 13.5. The molecule has 0 aliphatic heterocycles. The molecule has 2 amide bonds. The Balaban J connectivity index is 1.64. The molecule has 2 aromatic carbocycles. The van der Waals surface area contributed by atoms with Crippen LogP contribution in [0.15, 0.2) is 36.4 Å². The van der Waals surface area contributed by atoms with Gasteiger partial charge >= 0.3 is 6.03 Å². The van der Waals surface area contributed by atoms with Crippen LogP contribution in [-0.2, 0) is 12.8 Å². The van der Waals surface area contributed by atoms with Gasteiger partial charge in [-0.3, -0.25) is 0 Å². The molecular formula is C16H13F3N2O. The number of rotatable bonds is 2. The summed E-state index contributed by atoms with van der Waals surface area (Å²) >= 11 is 0. The number of amides is 2. The van der Waals surface area contributed by atoms with Gasteiger partial charge in [-0.15, -0.1) is 0 Å². The number of hydrogen-bond acceptors (Lipinski definition) is 1. The van der Waals surface area contributed by atoms with Crippen molar-refractivity contribution >= 4 is 11.7 Å². The van der Waals surface area contributed by atoms with Crippen molar-refractivity contribution in [3.8, 4) is 0 Å². The standard InChI is InChI=1S/C16H13F3N2O/c17-12-5-6-13(15(19)14(12)18)21-16(22)20-11-7-9-3-1-2-4-10(9)8-11/h1-6,11H,7-8H2,(H2,20,21,22). The Hall–Kier alpha value is -2.50. The molecule has 6 heteroatoms. The van der Waals surface area contributed by atoms with Gasteiger partial charge in [-0.05, 0) is 36.1 Å². The lowest BCUT2D eigenvalue weighted by Gasteiger charge is -2.13. The van der Waals surface area contributed by atoms with E-state index < -0.39 is 29.2 Å². The van der Waals surface area contributed by atoms with E-state index in [0.717, 1.165) is 23.3 Å². The minimum absolute atomic E-state index is 0.106. The second-order valence-corrected chi connectivity index (χ2v) is 5.20. The van der Waals surface area contributed by atoms with E-state index in [2.05, 4.69) is 10.6 Å². The molecule has 114 valence electrons. The van der Waals surface area contributed by atoms with Crippen molar-refractivity contribution in [3.63, 3.8) is 0 Å². The van der Waals surface area contributed by atoms with E-state index in [1.807, 2.05) is 24.3 Å². The van der Waals surface area contributed by atoms with Gasteiger partial charge in [0.25, 0.3) is 0 Å². The molecule has 0 unspecified atom stereocenters. The lowest BCUT2D eigenvalue weighted by molar-refractivity contribution is 0.248. The van der Waals surface area contributed by atoms with Crippen LogP contribution >= 0.6 is 0 Å². The predicted octanol–water partition coefficient (Wildman–Crippen LogP) is 3.39. The van der Waals surface area contributed by atoms with Gasteiger partial charge in [-0.1, -0.05) is 24.3 Å². The molecule has 0 spiro atoms. The Morgan fingerprint density at radius 3 is 2.23 bits per heavy atom. The third-order valence-corrected chi connectivity index (χ3v) is 3.67. The molecule has 3 rings (SSSR count). The molecule has 1 aliphatic rings. The molecular weight excluding hydrogens is 293 g/mol.